The molecule has 0 atom stereocenters. The zero-order valence-electron chi connectivity index (χ0n) is 14.6. The molecule has 2 aromatic carbocycles. The number of rotatable bonds is 6. The fraction of sp³-hybridized carbons (Fsp3) is 0.200. The van der Waals surface area contributed by atoms with Crippen molar-refractivity contribution in [3.63, 3.8) is 0 Å². The minimum absolute atomic E-state index is 0.0131. The fourth-order valence-corrected chi connectivity index (χ4v) is 2.81. The Bertz CT molecular complexity index is 970. The third-order valence-electron chi connectivity index (χ3n) is 4.00. The summed E-state index contributed by atoms with van der Waals surface area (Å²) in [5.41, 5.74) is 0.336. The zero-order valence-corrected chi connectivity index (χ0v) is 15.3. The second kappa shape index (κ2) is 8.48. The highest BCUT2D eigenvalue weighted by Gasteiger charge is 2.30. The van der Waals surface area contributed by atoms with E-state index in [1.807, 2.05) is 6.07 Å². The van der Waals surface area contributed by atoms with Gasteiger partial charge in [0.15, 0.2) is 11.7 Å². The number of amides is 1. The van der Waals surface area contributed by atoms with Crippen LogP contribution in [0.5, 0.6) is 0 Å². The smallest absolute Gasteiger partial charge is 0.416 e. The van der Waals surface area contributed by atoms with Crippen molar-refractivity contribution in [3.8, 4) is 11.3 Å². The molecule has 1 amide bonds. The number of nitrogens with one attached hydrogen (secondary N) is 1. The average molecular weight is 409 g/mol. The summed E-state index contributed by atoms with van der Waals surface area (Å²) >= 11 is 6.11. The maximum absolute atomic E-state index is 12.7. The molecule has 0 aliphatic rings. The molecule has 4 nitrogen and oxygen atoms in total. The van der Waals surface area contributed by atoms with Gasteiger partial charge in [0.1, 0.15) is 0 Å². The van der Waals surface area contributed by atoms with Crippen molar-refractivity contribution >= 4 is 17.5 Å². The predicted octanol–water partition coefficient (Wildman–Crippen LogP) is 5.26. The topological polar surface area (TPSA) is 55.1 Å². The normalized spacial score (nSPS) is 11.4. The number of alkyl halides is 3. The van der Waals surface area contributed by atoms with Crippen LogP contribution in [-0.2, 0) is 23.9 Å². The number of hydrogen-bond acceptors (Lipinski definition) is 3. The van der Waals surface area contributed by atoms with Gasteiger partial charge in [-0.05, 0) is 29.8 Å². The number of carbonyl (C=O) groups excluding carboxylic acids is 1. The minimum Gasteiger partial charge on any atom is -0.441 e. The van der Waals surface area contributed by atoms with Gasteiger partial charge >= 0.3 is 6.18 Å². The Morgan fingerprint density at radius 2 is 1.93 bits per heavy atom. The molecular weight excluding hydrogens is 393 g/mol. The number of hydrogen-bond donors (Lipinski definition) is 1. The summed E-state index contributed by atoms with van der Waals surface area (Å²) in [5, 5.41) is 3.13. The lowest BCUT2D eigenvalue weighted by Gasteiger charge is -2.09. The molecule has 1 heterocycles. The largest absolute Gasteiger partial charge is 0.441 e. The predicted molar refractivity (Wildman–Crippen MR) is 98.6 cm³/mol. The van der Waals surface area contributed by atoms with Crippen LogP contribution in [-0.4, -0.2) is 10.9 Å². The summed E-state index contributed by atoms with van der Waals surface area (Å²) in [5.74, 6) is 0.573. The molecule has 0 aliphatic heterocycles. The Morgan fingerprint density at radius 3 is 2.68 bits per heavy atom. The molecule has 3 aromatic rings. The zero-order chi connectivity index (χ0) is 20.1. The highest BCUT2D eigenvalue weighted by Crippen LogP contribution is 2.30. The third kappa shape index (κ3) is 5.13. The number of aryl methyl sites for hydroxylation is 1. The molecule has 0 bridgehead atoms. The number of halogens is 4. The number of nitrogens with zero attached hydrogens (tertiary/aromatic N) is 1. The van der Waals surface area contributed by atoms with Crippen molar-refractivity contribution in [3.05, 3.63) is 76.8 Å². The Balaban J connectivity index is 1.52. The molecule has 0 radical (unpaired) electrons. The Hall–Kier alpha value is -2.80. The van der Waals surface area contributed by atoms with Crippen molar-refractivity contribution in [1.82, 2.24) is 10.3 Å². The van der Waals surface area contributed by atoms with Gasteiger partial charge < -0.3 is 9.73 Å². The van der Waals surface area contributed by atoms with Gasteiger partial charge in [0, 0.05) is 24.9 Å². The molecular formula is C20H16ClF3N2O2. The molecule has 0 saturated carbocycles. The van der Waals surface area contributed by atoms with E-state index in [-0.39, 0.29) is 25.3 Å². The van der Waals surface area contributed by atoms with Gasteiger partial charge in [-0.3, -0.25) is 4.79 Å². The van der Waals surface area contributed by atoms with E-state index in [0.29, 0.717) is 27.8 Å². The Kier molecular flexibility index (Phi) is 6.04. The van der Waals surface area contributed by atoms with Crippen molar-refractivity contribution < 1.29 is 22.4 Å². The summed E-state index contributed by atoms with van der Waals surface area (Å²) in [6.45, 7) is 0.0131. The number of carbonyl (C=O) groups is 1. The van der Waals surface area contributed by atoms with Crippen molar-refractivity contribution in [1.29, 1.82) is 0 Å². The van der Waals surface area contributed by atoms with Crippen LogP contribution in [0.4, 0.5) is 13.2 Å². The van der Waals surface area contributed by atoms with Gasteiger partial charge in [-0.1, -0.05) is 35.9 Å². The van der Waals surface area contributed by atoms with Gasteiger partial charge in [0.05, 0.1) is 16.8 Å². The lowest BCUT2D eigenvalue weighted by Crippen LogP contribution is -2.23. The molecule has 8 heteroatoms. The van der Waals surface area contributed by atoms with Gasteiger partial charge in [0.2, 0.25) is 5.91 Å². The Labute approximate surface area is 164 Å². The van der Waals surface area contributed by atoms with Crippen LogP contribution in [0, 0.1) is 0 Å². The van der Waals surface area contributed by atoms with E-state index in [2.05, 4.69) is 10.3 Å². The minimum atomic E-state index is -4.41. The summed E-state index contributed by atoms with van der Waals surface area (Å²) in [6.07, 6.45) is -2.51. The molecule has 146 valence electrons. The van der Waals surface area contributed by atoms with E-state index in [4.69, 9.17) is 16.0 Å². The van der Waals surface area contributed by atoms with Gasteiger partial charge in [0.25, 0.3) is 0 Å². The number of oxazole rings is 1. The van der Waals surface area contributed by atoms with Crippen LogP contribution in [0.1, 0.15) is 23.4 Å². The highest BCUT2D eigenvalue weighted by atomic mass is 35.5. The molecule has 1 aromatic heterocycles. The number of aromatic nitrogens is 1. The van der Waals surface area contributed by atoms with E-state index in [9.17, 15) is 18.0 Å². The Morgan fingerprint density at radius 1 is 1.14 bits per heavy atom. The lowest BCUT2D eigenvalue weighted by atomic mass is 10.1. The summed E-state index contributed by atoms with van der Waals surface area (Å²) in [4.78, 5) is 16.1. The van der Waals surface area contributed by atoms with Crippen LogP contribution in [0.25, 0.3) is 11.3 Å². The summed E-state index contributed by atoms with van der Waals surface area (Å²) in [7, 11) is 0. The molecule has 28 heavy (non-hydrogen) atoms. The summed E-state index contributed by atoms with van der Waals surface area (Å²) < 4.78 is 43.8. The van der Waals surface area contributed by atoms with Crippen LogP contribution in [0.3, 0.4) is 0 Å². The average Bonchev–Trinajstić information content (AvgIpc) is 3.13. The first-order chi connectivity index (χ1) is 13.3. The fourth-order valence-electron chi connectivity index (χ4n) is 2.58. The number of benzene rings is 2. The first kappa shape index (κ1) is 19.9. The van der Waals surface area contributed by atoms with Gasteiger partial charge in [-0.25, -0.2) is 4.98 Å². The first-order valence-electron chi connectivity index (χ1n) is 8.45. The quantitative estimate of drug-likeness (QED) is 0.605. The maximum Gasteiger partial charge on any atom is 0.416 e. The molecule has 0 saturated heterocycles. The van der Waals surface area contributed by atoms with E-state index in [1.54, 1.807) is 18.2 Å². The van der Waals surface area contributed by atoms with Crippen LogP contribution in [0.2, 0.25) is 5.02 Å². The van der Waals surface area contributed by atoms with Crippen LogP contribution in [0.15, 0.2) is 59.1 Å². The monoisotopic (exact) mass is 408 g/mol. The molecule has 3 rings (SSSR count). The van der Waals surface area contributed by atoms with E-state index < -0.39 is 11.7 Å². The third-order valence-corrected chi connectivity index (χ3v) is 4.33. The first-order valence-corrected chi connectivity index (χ1v) is 8.83. The van der Waals surface area contributed by atoms with Crippen molar-refractivity contribution in [2.75, 3.05) is 0 Å². The highest BCUT2D eigenvalue weighted by molar-refractivity contribution is 6.33. The van der Waals surface area contributed by atoms with Crippen molar-refractivity contribution in [2.24, 2.45) is 0 Å². The van der Waals surface area contributed by atoms with E-state index >= 15 is 0 Å². The van der Waals surface area contributed by atoms with E-state index in [0.717, 1.165) is 12.1 Å². The van der Waals surface area contributed by atoms with Gasteiger partial charge in [-0.2, -0.15) is 13.2 Å². The second-order valence-electron chi connectivity index (χ2n) is 6.07. The van der Waals surface area contributed by atoms with E-state index in [1.165, 1.54) is 18.3 Å². The summed E-state index contributed by atoms with van der Waals surface area (Å²) in [6, 6.07) is 12.0. The SMILES string of the molecule is O=C(CCc1ncc(-c2ccccc2Cl)o1)NCc1cccc(C(F)(F)F)c1. The van der Waals surface area contributed by atoms with Crippen molar-refractivity contribution in [2.45, 2.75) is 25.6 Å². The second-order valence-corrected chi connectivity index (χ2v) is 6.48. The van der Waals surface area contributed by atoms with Crippen LogP contribution < -0.4 is 5.32 Å². The molecule has 0 aliphatic carbocycles. The molecule has 0 spiro atoms. The van der Waals surface area contributed by atoms with Crippen LogP contribution >= 0.6 is 11.6 Å². The molecule has 0 fully saturated rings. The van der Waals surface area contributed by atoms with Gasteiger partial charge in [-0.15, -0.1) is 0 Å². The standard InChI is InChI=1S/C20H16ClF3N2O2/c21-16-7-2-1-6-15(16)17-12-26-19(28-17)9-8-18(27)25-11-13-4-3-5-14(10-13)20(22,23)24/h1-7,10,12H,8-9,11H2,(H,25,27). The molecule has 1 N–H and O–H groups in total. The lowest BCUT2D eigenvalue weighted by molar-refractivity contribution is -0.137. The molecule has 0 unspecified atom stereocenters. The maximum atomic E-state index is 12.7.